The number of halogens is 3. The van der Waals surface area contributed by atoms with Crippen LogP contribution in [-0.2, 0) is 11.2 Å². The van der Waals surface area contributed by atoms with Gasteiger partial charge in [0.25, 0.3) is 0 Å². The molecular weight excluding hydrogens is 379 g/mol. The molecule has 0 N–H and O–H groups in total. The van der Waals surface area contributed by atoms with Gasteiger partial charge in [0.1, 0.15) is 5.78 Å². The summed E-state index contributed by atoms with van der Waals surface area (Å²) in [5, 5.41) is 1.12. The average Bonchev–Trinajstić information content (AvgIpc) is 2.41. The molecule has 0 spiro atoms. The summed E-state index contributed by atoms with van der Waals surface area (Å²) >= 11 is 16.9. The minimum absolute atomic E-state index is 0.134. The highest BCUT2D eigenvalue weighted by atomic mass is 79.9. The van der Waals surface area contributed by atoms with Crippen LogP contribution in [0.3, 0.4) is 0 Å². The molecule has 0 bridgehead atoms. The molecule has 0 radical (unpaired) electrons. The number of hydrogen-bond acceptors (Lipinski definition) is 2. The molecular formula is C15H11BrCl2OS. The second-order valence-corrected chi connectivity index (χ2v) is 6.89. The monoisotopic (exact) mass is 388 g/mol. The number of hydrogen-bond donors (Lipinski definition) is 0. The molecule has 0 unspecified atom stereocenters. The van der Waals surface area contributed by atoms with Crippen LogP contribution in [0.15, 0.2) is 51.8 Å². The van der Waals surface area contributed by atoms with E-state index in [1.807, 2.05) is 24.3 Å². The first-order valence-corrected chi connectivity index (χ1v) is 8.42. The Morgan fingerprint density at radius 2 is 1.90 bits per heavy atom. The molecule has 0 aliphatic rings. The highest BCUT2D eigenvalue weighted by Crippen LogP contribution is 2.27. The fourth-order valence-electron chi connectivity index (χ4n) is 1.65. The molecule has 2 aromatic rings. The van der Waals surface area contributed by atoms with Crippen LogP contribution in [0.4, 0.5) is 0 Å². The highest BCUT2D eigenvalue weighted by molar-refractivity contribution is 9.10. The van der Waals surface area contributed by atoms with Gasteiger partial charge in [-0.25, -0.2) is 0 Å². The van der Waals surface area contributed by atoms with E-state index in [0.717, 1.165) is 14.9 Å². The minimum Gasteiger partial charge on any atom is -0.298 e. The molecule has 0 heterocycles. The third-order valence-corrected chi connectivity index (χ3v) is 5.30. The van der Waals surface area contributed by atoms with Gasteiger partial charge in [-0.15, -0.1) is 11.8 Å². The summed E-state index contributed by atoms with van der Waals surface area (Å²) in [5.74, 6) is 0.552. The predicted molar refractivity (Wildman–Crippen MR) is 90.0 cm³/mol. The van der Waals surface area contributed by atoms with Crippen molar-refractivity contribution in [3.63, 3.8) is 0 Å². The van der Waals surface area contributed by atoms with E-state index in [0.29, 0.717) is 22.2 Å². The Kier molecular flexibility index (Phi) is 5.97. The first-order valence-electron chi connectivity index (χ1n) is 5.89. The van der Waals surface area contributed by atoms with Crippen molar-refractivity contribution in [2.24, 2.45) is 0 Å². The zero-order valence-electron chi connectivity index (χ0n) is 10.4. The molecule has 2 aromatic carbocycles. The number of rotatable bonds is 5. The molecule has 0 aliphatic carbocycles. The zero-order valence-corrected chi connectivity index (χ0v) is 14.3. The van der Waals surface area contributed by atoms with Crippen molar-refractivity contribution in [2.75, 3.05) is 5.75 Å². The lowest BCUT2D eigenvalue weighted by Crippen LogP contribution is -2.06. The van der Waals surface area contributed by atoms with Gasteiger partial charge in [0.15, 0.2) is 0 Å². The van der Waals surface area contributed by atoms with Gasteiger partial charge in [-0.2, -0.15) is 0 Å². The molecule has 0 amide bonds. The molecule has 0 aromatic heterocycles. The second-order valence-electron chi connectivity index (χ2n) is 4.17. The first kappa shape index (κ1) is 15.9. The van der Waals surface area contributed by atoms with Crippen LogP contribution in [0.5, 0.6) is 0 Å². The van der Waals surface area contributed by atoms with Gasteiger partial charge in [0, 0.05) is 25.8 Å². The summed E-state index contributed by atoms with van der Waals surface area (Å²) in [5.41, 5.74) is 0.814. The number of benzene rings is 2. The number of thioether (sulfide) groups is 1. The van der Waals surface area contributed by atoms with Crippen molar-refractivity contribution in [3.05, 3.63) is 62.5 Å². The van der Waals surface area contributed by atoms with Crippen molar-refractivity contribution >= 4 is 56.7 Å². The largest absolute Gasteiger partial charge is 0.298 e. The van der Waals surface area contributed by atoms with Crippen LogP contribution < -0.4 is 0 Å². The van der Waals surface area contributed by atoms with Crippen molar-refractivity contribution in [1.82, 2.24) is 0 Å². The molecule has 20 heavy (non-hydrogen) atoms. The Hall–Kier alpha value is -0.480. The van der Waals surface area contributed by atoms with Crippen LogP contribution in [0.1, 0.15) is 5.56 Å². The molecule has 2 rings (SSSR count). The zero-order chi connectivity index (χ0) is 14.5. The lowest BCUT2D eigenvalue weighted by Gasteiger charge is -2.05. The maximum Gasteiger partial charge on any atom is 0.147 e. The Labute approximate surface area is 140 Å². The fourth-order valence-corrected chi connectivity index (χ4v) is 3.55. The van der Waals surface area contributed by atoms with Gasteiger partial charge < -0.3 is 0 Å². The molecule has 0 saturated heterocycles. The number of carbonyl (C=O) groups is 1. The van der Waals surface area contributed by atoms with Crippen LogP contribution >= 0.6 is 50.9 Å². The lowest BCUT2D eigenvalue weighted by atomic mass is 10.1. The normalized spacial score (nSPS) is 10.6. The van der Waals surface area contributed by atoms with E-state index in [9.17, 15) is 4.79 Å². The number of carbonyl (C=O) groups excluding carboxylic acids is 1. The summed E-state index contributed by atoms with van der Waals surface area (Å²) in [4.78, 5) is 13.1. The second kappa shape index (κ2) is 7.51. The van der Waals surface area contributed by atoms with Gasteiger partial charge in [0.05, 0.1) is 5.75 Å². The molecule has 0 saturated carbocycles. The van der Waals surface area contributed by atoms with E-state index in [-0.39, 0.29) is 5.78 Å². The van der Waals surface area contributed by atoms with Crippen molar-refractivity contribution in [1.29, 1.82) is 0 Å². The van der Waals surface area contributed by atoms with Crippen molar-refractivity contribution in [3.8, 4) is 0 Å². The van der Waals surface area contributed by atoms with Crippen LogP contribution in [-0.4, -0.2) is 11.5 Å². The van der Waals surface area contributed by atoms with E-state index >= 15 is 0 Å². The number of Topliss-reactive ketones (excluding diaryl/α,β-unsaturated/α-hetero) is 1. The molecule has 104 valence electrons. The third kappa shape index (κ3) is 4.52. The molecule has 0 fully saturated rings. The maximum atomic E-state index is 12.0. The molecule has 1 nitrogen and oxygen atoms in total. The van der Waals surface area contributed by atoms with Crippen LogP contribution in [0, 0.1) is 0 Å². The van der Waals surface area contributed by atoms with Crippen LogP contribution in [0.25, 0.3) is 0 Å². The van der Waals surface area contributed by atoms with E-state index in [4.69, 9.17) is 23.2 Å². The summed E-state index contributed by atoms with van der Waals surface area (Å²) in [6.45, 7) is 0. The molecule has 5 heteroatoms. The van der Waals surface area contributed by atoms with Crippen molar-refractivity contribution in [2.45, 2.75) is 11.3 Å². The fraction of sp³-hybridized carbons (Fsp3) is 0.133. The SMILES string of the molecule is O=C(CSc1ccccc1Br)Cc1ccc(Cl)cc1Cl. The standard InChI is InChI=1S/C15H11BrCl2OS/c16-13-3-1-2-4-15(13)20-9-12(19)7-10-5-6-11(17)8-14(10)18/h1-6,8H,7,9H2. The van der Waals surface area contributed by atoms with Crippen molar-refractivity contribution < 1.29 is 4.79 Å². The Balaban J connectivity index is 1.94. The number of ketones is 1. The Morgan fingerprint density at radius 3 is 2.60 bits per heavy atom. The highest BCUT2D eigenvalue weighted by Gasteiger charge is 2.09. The van der Waals surface area contributed by atoms with E-state index in [1.54, 1.807) is 18.2 Å². The Bertz CT molecular complexity index is 631. The van der Waals surface area contributed by atoms with Gasteiger partial charge in [-0.05, 0) is 45.8 Å². The van der Waals surface area contributed by atoms with Crippen LogP contribution in [0.2, 0.25) is 10.0 Å². The topological polar surface area (TPSA) is 17.1 Å². The average molecular weight is 390 g/mol. The molecule has 0 aliphatic heterocycles. The lowest BCUT2D eigenvalue weighted by molar-refractivity contribution is -0.116. The Morgan fingerprint density at radius 1 is 1.15 bits per heavy atom. The predicted octanol–water partition coefficient (Wildman–Crippen LogP) is 5.66. The summed E-state index contributed by atoms with van der Waals surface area (Å²) in [7, 11) is 0. The van der Waals surface area contributed by atoms with Gasteiger partial charge in [0.2, 0.25) is 0 Å². The van der Waals surface area contributed by atoms with Gasteiger partial charge in [-0.3, -0.25) is 4.79 Å². The molecule has 0 atom stereocenters. The first-order chi connectivity index (χ1) is 9.56. The van der Waals surface area contributed by atoms with E-state index in [1.165, 1.54) is 11.8 Å². The quantitative estimate of drug-likeness (QED) is 0.613. The smallest absolute Gasteiger partial charge is 0.147 e. The van der Waals surface area contributed by atoms with Gasteiger partial charge >= 0.3 is 0 Å². The minimum atomic E-state index is 0.134. The summed E-state index contributed by atoms with van der Waals surface area (Å²) in [6.07, 6.45) is 0.327. The van der Waals surface area contributed by atoms with Gasteiger partial charge in [-0.1, -0.05) is 41.4 Å². The maximum absolute atomic E-state index is 12.0. The van der Waals surface area contributed by atoms with E-state index < -0.39 is 0 Å². The summed E-state index contributed by atoms with van der Waals surface area (Å²) < 4.78 is 1.00. The summed E-state index contributed by atoms with van der Waals surface area (Å²) in [6, 6.07) is 13.0. The third-order valence-electron chi connectivity index (χ3n) is 2.63. The van der Waals surface area contributed by atoms with E-state index in [2.05, 4.69) is 15.9 Å².